The smallest absolute Gasteiger partial charge is 0.0121 e. The van der Waals surface area contributed by atoms with Gasteiger partial charge in [-0.3, -0.25) is 0 Å². The van der Waals surface area contributed by atoms with Crippen molar-refractivity contribution >= 4 is 0 Å². The minimum atomic E-state index is 0.854. The average molecular weight is 181 g/mol. The van der Waals surface area contributed by atoms with Crippen LogP contribution in [0.2, 0.25) is 0 Å². The predicted octanol–water partition coefficient (Wildman–Crippen LogP) is 2.81. The average Bonchev–Trinajstić information content (AvgIpc) is 2.53. The molecule has 0 amide bonds. The van der Waals surface area contributed by atoms with Crippen LogP contribution in [0.5, 0.6) is 0 Å². The highest BCUT2D eigenvalue weighted by Gasteiger charge is 2.32. The third kappa shape index (κ3) is 2.07. The molecule has 0 aromatic rings. The van der Waals surface area contributed by atoms with Gasteiger partial charge in [0.15, 0.2) is 0 Å². The van der Waals surface area contributed by atoms with Gasteiger partial charge in [0.25, 0.3) is 0 Å². The molecule has 2 rings (SSSR count). The van der Waals surface area contributed by atoms with Gasteiger partial charge in [0.05, 0.1) is 0 Å². The largest absolute Gasteiger partial charge is 0.313 e. The first-order chi connectivity index (χ1) is 6.27. The summed E-state index contributed by atoms with van der Waals surface area (Å²) in [5.41, 5.74) is 0. The van der Waals surface area contributed by atoms with Gasteiger partial charge >= 0.3 is 0 Å². The molecule has 0 spiro atoms. The van der Waals surface area contributed by atoms with Gasteiger partial charge in [-0.25, -0.2) is 0 Å². The molecular formula is C12H23N. The standard InChI is InChI=1S/C12H23N/c1-9-3-5-11(6-4-9)12-10(2)7-8-13-12/h9-13H,3-8H2,1-2H3. The van der Waals surface area contributed by atoms with E-state index in [0.717, 1.165) is 23.8 Å². The molecule has 0 aromatic heterocycles. The summed E-state index contributed by atoms with van der Waals surface area (Å²) < 4.78 is 0. The van der Waals surface area contributed by atoms with Crippen molar-refractivity contribution in [1.29, 1.82) is 0 Å². The molecule has 1 aliphatic heterocycles. The van der Waals surface area contributed by atoms with Gasteiger partial charge in [-0.05, 0) is 43.6 Å². The summed E-state index contributed by atoms with van der Waals surface area (Å²) in [6, 6.07) is 0.854. The van der Waals surface area contributed by atoms with Crippen molar-refractivity contribution in [2.75, 3.05) is 6.54 Å². The van der Waals surface area contributed by atoms with E-state index in [0.29, 0.717) is 0 Å². The lowest BCUT2D eigenvalue weighted by molar-refractivity contribution is 0.219. The van der Waals surface area contributed by atoms with E-state index < -0.39 is 0 Å². The Labute approximate surface area is 82.3 Å². The van der Waals surface area contributed by atoms with E-state index in [1.54, 1.807) is 0 Å². The maximum Gasteiger partial charge on any atom is 0.0121 e. The van der Waals surface area contributed by atoms with Crippen LogP contribution in [-0.2, 0) is 0 Å². The highest BCUT2D eigenvalue weighted by Crippen LogP contribution is 2.34. The van der Waals surface area contributed by atoms with Gasteiger partial charge < -0.3 is 5.32 Å². The van der Waals surface area contributed by atoms with Gasteiger partial charge in [0, 0.05) is 6.04 Å². The quantitative estimate of drug-likeness (QED) is 0.656. The van der Waals surface area contributed by atoms with E-state index in [4.69, 9.17) is 0 Å². The maximum absolute atomic E-state index is 3.69. The van der Waals surface area contributed by atoms with E-state index in [9.17, 15) is 0 Å². The van der Waals surface area contributed by atoms with E-state index in [-0.39, 0.29) is 0 Å². The van der Waals surface area contributed by atoms with Crippen LogP contribution in [0.25, 0.3) is 0 Å². The van der Waals surface area contributed by atoms with E-state index in [2.05, 4.69) is 19.2 Å². The first-order valence-electron chi connectivity index (χ1n) is 6.00. The molecule has 2 unspecified atom stereocenters. The number of rotatable bonds is 1. The van der Waals surface area contributed by atoms with Gasteiger partial charge in [-0.15, -0.1) is 0 Å². The Balaban J connectivity index is 1.86. The van der Waals surface area contributed by atoms with Crippen molar-refractivity contribution in [1.82, 2.24) is 5.32 Å². The van der Waals surface area contributed by atoms with Crippen LogP contribution in [0.4, 0.5) is 0 Å². The van der Waals surface area contributed by atoms with Crippen LogP contribution >= 0.6 is 0 Å². The molecule has 0 radical (unpaired) electrons. The summed E-state index contributed by atoms with van der Waals surface area (Å²) in [6.07, 6.45) is 7.29. The van der Waals surface area contributed by atoms with Crippen LogP contribution in [0.15, 0.2) is 0 Å². The van der Waals surface area contributed by atoms with Crippen LogP contribution < -0.4 is 5.32 Å². The van der Waals surface area contributed by atoms with Crippen molar-refractivity contribution < 1.29 is 0 Å². The second kappa shape index (κ2) is 4.00. The van der Waals surface area contributed by atoms with Gasteiger partial charge in [0.1, 0.15) is 0 Å². The summed E-state index contributed by atoms with van der Waals surface area (Å²) in [5.74, 6) is 2.92. The Bertz CT molecular complexity index is 159. The Morgan fingerprint density at radius 2 is 1.62 bits per heavy atom. The molecule has 2 fully saturated rings. The van der Waals surface area contributed by atoms with Crippen molar-refractivity contribution in [2.45, 2.75) is 52.0 Å². The molecule has 13 heavy (non-hydrogen) atoms. The fourth-order valence-corrected chi connectivity index (χ4v) is 3.13. The fourth-order valence-electron chi connectivity index (χ4n) is 3.13. The Morgan fingerprint density at radius 3 is 2.15 bits per heavy atom. The number of hydrogen-bond acceptors (Lipinski definition) is 1. The normalized spacial score (nSPS) is 46.6. The molecule has 2 aliphatic rings. The third-order valence-corrected chi connectivity index (χ3v) is 4.16. The minimum Gasteiger partial charge on any atom is -0.313 e. The van der Waals surface area contributed by atoms with Crippen molar-refractivity contribution in [3.8, 4) is 0 Å². The van der Waals surface area contributed by atoms with Gasteiger partial charge in [-0.2, -0.15) is 0 Å². The molecule has 0 aromatic carbocycles. The van der Waals surface area contributed by atoms with E-state index in [1.807, 2.05) is 0 Å². The summed E-state index contributed by atoms with van der Waals surface area (Å²) in [5, 5.41) is 3.69. The van der Waals surface area contributed by atoms with Crippen molar-refractivity contribution in [3.05, 3.63) is 0 Å². The molecule has 1 nitrogen and oxygen atoms in total. The topological polar surface area (TPSA) is 12.0 Å². The minimum absolute atomic E-state index is 0.854. The Hall–Kier alpha value is -0.0400. The monoisotopic (exact) mass is 181 g/mol. The summed E-state index contributed by atoms with van der Waals surface area (Å²) in [6.45, 7) is 6.09. The zero-order chi connectivity index (χ0) is 9.26. The van der Waals surface area contributed by atoms with E-state index in [1.165, 1.54) is 38.6 Å². The highest BCUT2D eigenvalue weighted by atomic mass is 15.0. The van der Waals surface area contributed by atoms with Crippen molar-refractivity contribution in [2.24, 2.45) is 17.8 Å². The second-order valence-electron chi connectivity index (χ2n) is 5.27. The van der Waals surface area contributed by atoms with Crippen LogP contribution in [0.3, 0.4) is 0 Å². The summed E-state index contributed by atoms with van der Waals surface area (Å²) in [4.78, 5) is 0. The van der Waals surface area contributed by atoms with Gasteiger partial charge in [0.2, 0.25) is 0 Å². The molecular weight excluding hydrogens is 158 g/mol. The summed E-state index contributed by atoms with van der Waals surface area (Å²) >= 11 is 0. The second-order valence-corrected chi connectivity index (χ2v) is 5.27. The third-order valence-electron chi connectivity index (χ3n) is 4.16. The molecule has 2 atom stereocenters. The molecule has 1 saturated heterocycles. The zero-order valence-corrected chi connectivity index (χ0v) is 9.05. The molecule has 1 saturated carbocycles. The highest BCUT2D eigenvalue weighted by molar-refractivity contribution is 4.88. The molecule has 1 heterocycles. The zero-order valence-electron chi connectivity index (χ0n) is 9.05. The number of hydrogen-bond donors (Lipinski definition) is 1. The summed E-state index contributed by atoms with van der Waals surface area (Å²) in [7, 11) is 0. The lowest BCUT2D eigenvalue weighted by atomic mass is 9.76. The maximum atomic E-state index is 3.69. The Morgan fingerprint density at radius 1 is 0.923 bits per heavy atom. The molecule has 76 valence electrons. The molecule has 1 N–H and O–H groups in total. The molecule has 1 aliphatic carbocycles. The van der Waals surface area contributed by atoms with Crippen LogP contribution in [0.1, 0.15) is 46.0 Å². The first-order valence-corrected chi connectivity index (χ1v) is 6.00. The fraction of sp³-hybridized carbons (Fsp3) is 1.00. The van der Waals surface area contributed by atoms with Gasteiger partial charge in [-0.1, -0.05) is 26.7 Å². The lowest BCUT2D eigenvalue weighted by Crippen LogP contribution is -2.36. The first kappa shape index (κ1) is 9.51. The van der Waals surface area contributed by atoms with Crippen molar-refractivity contribution in [3.63, 3.8) is 0 Å². The Kier molecular flexibility index (Phi) is 2.92. The molecule has 1 heteroatoms. The van der Waals surface area contributed by atoms with E-state index >= 15 is 0 Å². The molecule has 0 bridgehead atoms. The van der Waals surface area contributed by atoms with Crippen LogP contribution in [-0.4, -0.2) is 12.6 Å². The predicted molar refractivity (Wildman–Crippen MR) is 56.7 cm³/mol. The lowest BCUT2D eigenvalue weighted by Gasteiger charge is -2.32. The SMILES string of the molecule is CC1CCC(C2NCCC2C)CC1. The number of nitrogens with one attached hydrogen (secondary N) is 1. The van der Waals surface area contributed by atoms with Crippen LogP contribution in [0, 0.1) is 17.8 Å².